The topological polar surface area (TPSA) is 26.3 Å². The molecule has 2 aromatic rings. The lowest BCUT2D eigenvalue weighted by atomic mass is 10.0. The lowest BCUT2D eigenvalue weighted by Crippen LogP contribution is -1.97. The van der Waals surface area contributed by atoms with Gasteiger partial charge in [-0.05, 0) is 29.7 Å². The van der Waals surface area contributed by atoms with E-state index in [0.29, 0.717) is 5.56 Å². The number of rotatable bonds is 9. The Hall–Kier alpha value is -2.09. The molecule has 0 aliphatic rings. The van der Waals surface area contributed by atoms with Gasteiger partial charge in [0, 0.05) is 5.56 Å². The minimum Gasteiger partial charge on any atom is -0.494 e. The number of benzene rings is 2. The summed E-state index contributed by atoms with van der Waals surface area (Å²) in [6.07, 6.45) is 7.12. The van der Waals surface area contributed by atoms with Crippen LogP contribution in [0.15, 0.2) is 48.5 Å². The fraction of sp³-hybridized carbons (Fsp3) is 0.350. The molecule has 116 valence electrons. The van der Waals surface area contributed by atoms with Gasteiger partial charge in [-0.15, -0.1) is 0 Å². The van der Waals surface area contributed by atoms with Crippen molar-refractivity contribution in [1.29, 1.82) is 0 Å². The van der Waals surface area contributed by atoms with E-state index in [9.17, 15) is 4.79 Å². The normalized spacial score (nSPS) is 10.4. The number of carbonyl (C=O) groups is 1. The van der Waals surface area contributed by atoms with Gasteiger partial charge in [0.05, 0.1) is 6.61 Å². The molecule has 0 N–H and O–H groups in total. The minimum absolute atomic E-state index is 0.701. The maximum absolute atomic E-state index is 10.7. The smallest absolute Gasteiger partial charge is 0.150 e. The molecule has 0 aromatic heterocycles. The van der Waals surface area contributed by atoms with Gasteiger partial charge in [-0.25, -0.2) is 0 Å². The van der Waals surface area contributed by atoms with Gasteiger partial charge in [-0.2, -0.15) is 0 Å². The SMILES string of the molecule is CCCCCCCOc1ccc(-c2ccc(C=O)cc2)cc1. The zero-order valence-electron chi connectivity index (χ0n) is 13.3. The van der Waals surface area contributed by atoms with Gasteiger partial charge in [0.2, 0.25) is 0 Å². The van der Waals surface area contributed by atoms with E-state index in [4.69, 9.17) is 4.74 Å². The van der Waals surface area contributed by atoms with Crippen molar-refractivity contribution >= 4 is 6.29 Å². The van der Waals surface area contributed by atoms with E-state index in [1.807, 2.05) is 36.4 Å². The molecule has 0 radical (unpaired) electrons. The van der Waals surface area contributed by atoms with Crippen molar-refractivity contribution in [1.82, 2.24) is 0 Å². The van der Waals surface area contributed by atoms with Gasteiger partial charge in [0.25, 0.3) is 0 Å². The lowest BCUT2D eigenvalue weighted by Gasteiger charge is -2.07. The summed E-state index contributed by atoms with van der Waals surface area (Å²) in [5.41, 5.74) is 2.94. The third kappa shape index (κ3) is 5.03. The molecule has 0 saturated carbocycles. The Bertz CT molecular complexity index is 555. The van der Waals surface area contributed by atoms with Crippen molar-refractivity contribution in [2.45, 2.75) is 39.0 Å². The van der Waals surface area contributed by atoms with Crippen molar-refractivity contribution in [2.24, 2.45) is 0 Å². The first-order valence-corrected chi connectivity index (χ1v) is 8.12. The zero-order valence-corrected chi connectivity index (χ0v) is 13.3. The van der Waals surface area contributed by atoms with Crippen molar-refractivity contribution in [3.63, 3.8) is 0 Å². The third-order valence-corrected chi connectivity index (χ3v) is 3.75. The Morgan fingerprint density at radius 2 is 1.41 bits per heavy atom. The molecule has 0 bridgehead atoms. The summed E-state index contributed by atoms with van der Waals surface area (Å²) in [7, 11) is 0. The number of ether oxygens (including phenoxy) is 1. The highest BCUT2D eigenvalue weighted by Crippen LogP contribution is 2.22. The van der Waals surface area contributed by atoms with E-state index in [1.165, 1.54) is 25.7 Å². The molecule has 2 nitrogen and oxygen atoms in total. The van der Waals surface area contributed by atoms with Gasteiger partial charge < -0.3 is 4.74 Å². The molecule has 0 aliphatic carbocycles. The van der Waals surface area contributed by atoms with Crippen LogP contribution >= 0.6 is 0 Å². The Morgan fingerprint density at radius 1 is 0.818 bits per heavy atom. The summed E-state index contributed by atoms with van der Waals surface area (Å²) in [6.45, 7) is 3.02. The number of unbranched alkanes of at least 4 members (excludes halogenated alkanes) is 4. The van der Waals surface area contributed by atoms with Crippen molar-refractivity contribution in [3.05, 3.63) is 54.1 Å². The van der Waals surface area contributed by atoms with Gasteiger partial charge in [0.15, 0.2) is 0 Å². The zero-order chi connectivity index (χ0) is 15.6. The Balaban J connectivity index is 1.83. The molecular formula is C20H24O2. The highest BCUT2D eigenvalue weighted by atomic mass is 16.5. The third-order valence-electron chi connectivity index (χ3n) is 3.75. The average Bonchev–Trinajstić information content (AvgIpc) is 2.59. The first kappa shape index (κ1) is 16.3. The number of hydrogen-bond donors (Lipinski definition) is 0. The molecule has 22 heavy (non-hydrogen) atoms. The molecule has 2 heteroatoms. The van der Waals surface area contributed by atoms with Crippen LogP contribution in [-0.2, 0) is 0 Å². The highest BCUT2D eigenvalue weighted by molar-refractivity contribution is 5.76. The van der Waals surface area contributed by atoms with E-state index in [-0.39, 0.29) is 0 Å². The molecule has 0 fully saturated rings. The molecule has 0 spiro atoms. The van der Waals surface area contributed by atoms with Crippen LogP contribution < -0.4 is 4.74 Å². The molecule has 0 saturated heterocycles. The first-order chi connectivity index (χ1) is 10.8. The van der Waals surface area contributed by atoms with Crippen LogP contribution in [0.3, 0.4) is 0 Å². The summed E-state index contributed by atoms with van der Waals surface area (Å²) in [5.74, 6) is 0.920. The molecule has 0 unspecified atom stereocenters. The van der Waals surface area contributed by atoms with E-state index in [2.05, 4.69) is 19.1 Å². The van der Waals surface area contributed by atoms with Crippen molar-refractivity contribution in [2.75, 3.05) is 6.61 Å². The van der Waals surface area contributed by atoms with Crippen LogP contribution in [0, 0.1) is 0 Å². The molecular weight excluding hydrogens is 272 g/mol. The molecule has 0 heterocycles. The second-order valence-corrected chi connectivity index (χ2v) is 5.53. The van der Waals surface area contributed by atoms with Crippen LogP contribution in [0.2, 0.25) is 0 Å². The maximum Gasteiger partial charge on any atom is 0.150 e. The quantitative estimate of drug-likeness (QED) is 0.450. The minimum atomic E-state index is 0.701. The first-order valence-electron chi connectivity index (χ1n) is 8.12. The van der Waals surface area contributed by atoms with E-state index >= 15 is 0 Å². The summed E-state index contributed by atoms with van der Waals surface area (Å²) >= 11 is 0. The van der Waals surface area contributed by atoms with E-state index in [1.54, 1.807) is 0 Å². The summed E-state index contributed by atoms with van der Waals surface area (Å²) in [4.78, 5) is 10.7. The van der Waals surface area contributed by atoms with Crippen LogP contribution in [0.5, 0.6) is 5.75 Å². The van der Waals surface area contributed by atoms with Gasteiger partial charge in [0.1, 0.15) is 12.0 Å². The molecule has 0 atom stereocenters. The predicted molar refractivity (Wildman–Crippen MR) is 91.5 cm³/mol. The summed E-state index contributed by atoms with van der Waals surface area (Å²) < 4.78 is 5.77. The average molecular weight is 296 g/mol. The maximum atomic E-state index is 10.7. The Kier molecular flexibility index (Phi) is 6.69. The fourth-order valence-electron chi connectivity index (χ4n) is 2.39. The van der Waals surface area contributed by atoms with Crippen molar-refractivity contribution < 1.29 is 9.53 Å². The standard InChI is InChI=1S/C20H24O2/c1-2-3-4-5-6-15-22-20-13-11-19(12-14-20)18-9-7-17(16-21)8-10-18/h7-14,16H,2-6,15H2,1H3. The number of carbonyl (C=O) groups excluding carboxylic acids is 1. The van der Waals surface area contributed by atoms with Gasteiger partial charge in [-0.1, -0.05) is 69.0 Å². The van der Waals surface area contributed by atoms with Gasteiger partial charge in [-0.3, -0.25) is 4.79 Å². The largest absolute Gasteiger partial charge is 0.494 e. The Morgan fingerprint density at radius 3 is 2.00 bits per heavy atom. The van der Waals surface area contributed by atoms with E-state index in [0.717, 1.165) is 36.2 Å². The molecule has 0 amide bonds. The molecule has 2 rings (SSSR count). The fourth-order valence-corrected chi connectivity index (χ4v) is 2.39. The molecule has 0 aliphatic heterocycles. The monoisotopic (exact) mass is 296 g/mol. The number of hydrogen-bond acceptors (Lipinski definition) is 2. The highest BCUT2D eigenvalue weighted by Gasteiger charge is 1.99. The molecule has 2 aromatic carbocycles. The second-order valence-electron chi connectivity index (χ2n) is 5.53. The summed E-state index contributed by atoms with van der Waals surface area (Å²) in [5, 5.41) is 0. The van der Waals surface area contributed by atoms with Gasteiger partial charge >= 0.3 is 0 Å². The van der Waals surface area contributed by atoms with Crippen LogP contribution in [0.1, 0.15) is 49.4 Å². The van der Waals surface area contributed by atoms with Crippen molar-refractivity contribution in [3.8, 4) is 16.9 Å². The van der Waals surface area contributed by atoms with Crippen LogP contribution in [-0.4, -0.2) is 12.9 Å². The predicted octanol–water partition coefficient (Wildman–Crippen LogP) is 5.52. The van der Waals surface area contributed by atoms with E-state index < -0.39 is 0 Å². The van der Waals surface area contributed by atoms with Crippen LogP contribution in [0.25, 0.3) is 11.1 Å². The summed E-state index contributed by atoms with van der Waals surface area (Å²) in [6, 6.07) is 15.7. The Labute approximate surface area is 133 Å². The number of aldehydes is 1. The van der Waals surface area contributed by atoms with Crippen LogP contribution in [0.4, 0.5) is 0 Å². The lowest BCUT2D eigenvalue weighted by molar-refractivity contribution is 0.112. The second kappa shape index (κ2) is 9.04.